The Kier molecular flexibility index (Phi) is 7.87. The van der Waals surface area contributed by atoms with Crippen LogP contribution >= 0.6 is 0 Å². The standard InChI is InChI=1S/C15H30O3/c1-3-4-5-6-7-8-9-14(16)15(17-2)10-12-18-13-11-15/h14,16H,3-13H2,1-2H3. The lowest BCUT2D eigenvalue weighted by atomic mass is 9.85. The van der Waals surface area contributed by atoms with Crippen molar-refractivity contribution in [2.45, 2.75) is 76.4 Å². The van der Waals surface area contributed by atoms with Gasteiger partial charge in [0.15, 0.2) is 0 Å². The summed E-state index contributed by atoms with van der Waals surface area (Å²) in [6.45, 7) is 3.65. The first kappa shape index (κ1) is 15.9. The monoisotopic (exact) mass is 258 g/mol. The summed E-state index contributed by atoms with van der Waals surface area (Å²) >= 11 is 0. The third-order valence-electron chi connectivity index (χ3n) is 4.18. The molecule has 1 fully saturated rings. The molecule has 1 rings (SSSR count). The van der Waals surface area contributed by atoms with Gasteiger partial charge in [-0.25, -0.2) is 0 Å². The molecule has 1 saturated heterocycles. The van der Waals surface area contributed by atoms with Crippen LogP contribution in [0.2, 0.25) is 0 Å². The van der Waals surface area contributed by atoms with Crippen molar-refractivity contribution in [1.29, 1.82) is 0 Å². The number of hydrogen-bond donors (Lipinski definition) is 1. The fourth-order valence-electron chi connectivity index (χ4n) is 2.77. The van der Waals surface area contributed by atoms with Gasteiger partial charge in [-0.1, -0.05) is 45.4 Å². The van der Waals surface area contributed by atoms with Crippen LogP contribution in [0.25, 0.3) is 0 Å². The lowest BCUT2D eigenvalue weighted by Gasteiger charge is -2.39. The van der Waals surface area contributed by atoms with E-state index in [9.17, 15) is 5.11 Å². The van der Waals surface area contributed by atoms with Crippen LogP contribution in [0.4, 0.5) is 0 Å². The molecule has 0 aromatic carbocycles. The number of methoxy groups -OCH3 is 1. The van der Waals surface area contributed by atoms with Gasteiger partial charge in [0.25, 0.3) is 0 Å². The third kappa shape index (κ3) is 4.87. The lowest BCUT2D eigenvalue weighted by Crippen LogP contribution is -2.48. The number of aliphatic hydroxyl groups excluding tert-OH is 1. The average molecular weight is 258 g/mol. The molecule has 0 aromatic rings. The molecule has 1 aliphatic rings. The van der Waals surface area contributed by atoms with Crippen LogP contribution < -0.4 is 0 Å². The van der Waals surface area contributed by atoms with Crippen LogP contribution in [0.1, 0.15) is 64.7 Å². The predicted octanol–water partition coefficient (Wildman–Crippen LogP) is 3.29. The second kappa shape index (κ2) is 8.89. The van der Waals surface area contributed by atoms with Crippen LogP contribution in [-0.2, 0) is 9.47 Å². The van der Waals surface area contributed by atoms with Crippen molar-refractivity contribution in [3.8, 4) is 0 Å². The van der Waals surface area contributed by atoms with E-state index in [1.165, 1.54) is 32.1 Å². The predicted molar refractivity (Wildman–Crippen MR) is 73.8 cm³/mol. The van der Waals surface area contributed by atoms with Crippen molar-refractivity contribution in [1.82, 2.24) is 0 Å². The van der Waals surface area contributed by atoms with Crippen LogP contribution in [-0.4, -0.2) is 37.1 Å². The number of aliphatic hydroxyl groups is 1. The quantitative estimate of drug-likeness (QED) is 0.645. The Hall–Kier alpha value is -0.120. The van der Waals surface area contributed by atoms with Crippen molar-refractivity contribution >= 4 is 0 Å². The first-order chi connectivity index (χ1) is 8.75. The summed E-state index contributed by atoms with van der Waals surface area (Å²) in [5.74, 6) is 0. The van der Waals surface area contributed by atoms with Crippen molar-refractivity contribution in [3.05, 3.63) is 0 Å². The normalized spacial score (nSPS) is 20.8. The maximum Gasteiger partial charge on any atom is 0.0980 e. The molecule has 1 N–H and O–H groups in total. The zero-order valence-corrected chi connectivity index (χ0v) is 12.1. The lowest BCUT2D eigenvalue weighted by molar-refractivity contribution is -0.154. The number of unbranched alkanes of at least 4 members (excludes halogenated alkanes) is 5. The second-order valence-corrected chi connectivity index (χ2v) is 5.45. The Morgan fingerprint density at radius 1 is 1.11 bits per heavy atom. The largest absolute Gasteiger partial charge is 0.390 e. The highest BCUT2D eigenvalue weighted by Gasteiger charge is 2.39. The van der Waals surface area contributed by atoms with E-state index in [4.69, 9.17) is 9.47 Å². The number of ether oxygens (including phenoxy) is 2. The Bertz CT molecular complexity index is 200. The van der Waals surface area contributed by atoms with Crippen molar-refractivity contribution in [2.24, 2.45) is 0 Å². The highest BCUT2D eigenvalue weighted by molar-refractivity contribution is 4.90. The van der Waals surface area contributed by atoms with Gasteiger partial charge >= 0.3 is 0 Å². The summed E-state index contributed by atoms with van der Waals surface area (Å²) in [7, 11) is 1.72. The summed E-state index contributed by atoms with van der Waals surface area (Å²) < 4.78 is 11.0. The Balaban J connectivity index is 2.19. The fourth-order valence-corrected chi connectivity index (χ4v) is 2.77. The molecular formula is C15H30O3. The Labute approximate surface area is 112 Å². The zero-order valence-electron chi connectivity index (χ0n) is 12.1. The van der Waals surface area contributed by atoms with Gasteiger partial charge < -0.3 is 14.6 Å². The van der Waals surface area contributed by atoms with Gasteiger partial charge in [-0.3, -0.25) is 0 Å². The maximum atomic E-state index is 10.3. The third-order valence-corrected chi connectivity index (χ3v) is 4.18. The van der Waals surface area contributed by atoms with E-state index >= 15 is 0 Å². The van der Waals surface area contributed by atoms with Crippen LogP contribution in [0.3, 0.4) is 0 Å². The minimum Gasteiger partial charge on any atom is -0.390 e. The SMILES string of the molecule is CCCCCCCCC(O)C1(OC)CCOCC1. The molecule has 0 aromatic heterocycles. The number of rotatable bonds is 9. The summed E-state index contributed by atoms with van der Waals surface area (Å²) in [6, 6.07) is 0. The van der Waals surface area contributed by atoms with Gasteiger partial charge in [0.2, 0.25) is 0 Å². The molecule has 0 spiro atoms. The van der Waals surface area contributed by atoms with Crippen LogP contribution in [0.15, 0.2) is 0 Å². The molecule has 1 aliphatic heterocycles. The first-order valence-electron chi connectivity index (χ1n) is 7.56. The molecule has 0 saturated carbocycles. The minimum absolute atomic E-state index is 0.336. The molecule has 18 heavy (non-hydrogen) atoms. The highest BCUT2D eigenvalue weighted by atomic mass is 16.5. The van der Waals surface area contributed by atoms with E-state index in [1.54, 1.807) is 7.11 Å². The van der Waals surface area contributed by atoms with Gasteiger partial charge in [0.1, 0.15) is 0 Å². The molecule has 3 nitrogen and oxygen atoms in total. The smallest absolute Gasteiger partial charge is 0.0980 e. The van der Waals surface area contributed by atoms with E-state index in [2.05, 4.69) is 6.92 Å². The molecule has 1 heterocycles. The molecule has 108 valence electrons. The Morgan fingerprint density at radius 2 is 1.72 bits per heavy atom. The molecule has 3 heteroatoms. The molecule has 1 atom stereocenters. The maximum absolute atomic E-state index is 10.3. The van der Waals surface area contributed by atoms with Gasteiger partial charge in [0, 0.05) is 33.2 Å². The molecular weight excluding hydrogens is 228 g/mol. The number of hydrogen-bond acceptors (Lipinski definition) is 3. The molecule has 0 amide bonds. The first-order valence-corrected chi connectivity index (χ1v) is 7.56. The fraction of sp³-hybridized carbons (Fsp3) is 1.00. The summed E-state index contributed by atoms with van der Waals surface area (Å²) in [6.07, 6.45) is 9.75. The van der Waals surface area contributed by atoms with E-state index in [0.29, 0.717) is 13.2 Å². The second-order valence-electron chi connectivity index (χ2n) is 5.45. The zero-order chi connectivity index (χ0) is 13.3. The van der Waals surface area contributed by atoms with Crippen LogP contribution in [0, 0.1) is 0 Å². The van der Waals surface area contributed by atoms with Gasteiger partial charge in [0.05, 0.1) is 11.7 Å². The van der Waals surface area contributed by atoms with Crippen molar-refractivity contribution < 1.29 is 14.6 Å². The van der Waals surface area contributed by atoms with Crippen molar-refractivity contribution in [2.75, 3.05) is 20.3 Å². The van der Waals surface area contributed by atoms with Gasteiger partial charge in [-0.15, -0.1) is 0 Å². The molecule has 1 unspecified atom stereocenters. The van der Waals surface area contributed by atoms with Crippen LogP contribution in [0.5, 0.6) is 0 Å². The van der Waals surface area contributed by atoms with E-state index in [1.807, 2.05) is 0 Å². The summed E-state index contributed by atoms with van der Waals surface area (Å²) in [4.78, 5) is 0. The van der Waals surface area contributed by atoms with Gasteiger partial charge in [-0.05, 0) is 6.42 Å². The average Bonchev–Trinajstić information content (AvgIpc) is 2.43. The minimum atomic E-state index is -0.346. The van der Waals surface area contributed by atoms with Crippen molar-refractivity contribution in [3.63, 3.8) is 0 Å². The van der Waals surface area contributed by atoms with E-state index < -0.39 is 0 Å². The molecule has 0 radical (unpaired) electrons. The topological polar surface area (TPSA) is 38.7 Å². The molecule has 0 aliphatic carbocycles. The Morgan fingerprint density at radius 3 is 2.33 bits per heavy atom. The summed E-state index contributed by atoms with van der Waals surface area (Å²) in [5.41, 5.74) is -0.346. The summed E-state index contributed by atoms with van der Waals surface area (Å²) in [5, 5.41) is 10.3. The van der Waals surface area contributed by atoms with Gasteiger partial charge in [-0.2, -0.15) is 0 Å². The highest BCUT2D eigenvalue weighted by Crippen LogP contribution is 2.30. The van der Waals surface area contributed by atoms with E-state index in [0.717, 1.165) is 25.7 Å². The molecule has 0 bridgehead atoms. The van der Waals surface area contributed by atoms with E-state index in [-0.39, 0.29) is 11.7 Å².